The fourth-order valence-electron chi connectivity index (χ4n) is 1.52. The topological polar surface area (TPSA) is 95.9 Å². The van der Waals surface area contributed by atoms with Crippen molar-refractivity contribution in [3.05, 3.63) is 35.9 Å². The summed E-state index contributed by atoms with van der Waals surface area (Å²) in [5, 5.41) is 19.9. The molecule has 1 aromatic carbocycles. The molecule has 0 saturated heterocycles. The summed E-state index contributed by atoms with van der Waals surface area (Å²) in [7, 11) is 0. The van der Waals surface area contributed by atoms with E-state index in [1.54, 1.807) is 0 Å². The summed E-state index contributed by atoms with van der Waals surface area (Å²) in [6, 6.07) is 8.51. The summed E-state index contributed by atoms with van der Waals surface area (Å²) in [5.74, 6) is -1.04. The first-order valence-corrected chi connectivity index (χ1v) is 5.91. The van der Waals surface area contributed by atoms with Crippen LogP contribution in [0.1, 0.15) is 18.4 Å². The van der Waals surface area contributed by atoms with Gasteiger partial charge in [-0.25, -0.2) is 4.79 Å². The molecule has 0 fully saturated rings. The lowest BCUT2D eigenvalue weighted by atomic mass is 10.1. The fourth-order valence-corrected chi connectivity index (χ4v) is 1.52. The Labute approximate surface area is 111 Å². The van der Waals surface area contributed by atoms with E-state index in [1.165, 1.54) is 0 Å². The third-order valence-electron chi connectivity index (χ3n) is 2.43. The number of benzene rings is 1. The summed E-state index contributed by atoms with van der Waals surface area (Å²) < 4.78 is 4.96. The molecule has 0 radical (unpaired) electrons. The molecule has 1 unspecified atom stereocenters. The van der Waals surface area contributed by atoms with Gasteiger partial charge in [-0.05, 0) is 12.0 Å². The van der Waals surface area contributed by atoms with E-state index in [2.05, 4.69) is 5.32 Å². The van der Waals surface area contributed by atoms with Crippen LogP contribution in [0.25, 0.3) is 0 Å². The minimum Gasteiger partial charge on any atom is -0.481 e. The van der Waals surface area contributed by atoms with Crippen molar-refractivity contribution >= 4 is 12.1 Å². The van der Waals surface area contributed by atoms with E-state index in [4.69, 9.17) is 14.9 Å². The number of carbonyl (C=O) groups is 2. The number of aliphatic hydroxyl groups excluding tert-OH is 1. The van der Waals surface area contributed by atoms with E-state index in [0.717, 1.165) is 5.56 Å². The highest BCUT2D eigenvalue weighted by atomic mass is 16.5. The number of rotatable bonds is 7. The van der Waals surface area contributed by atoms with E-state index < -0.39 is 18.1 Å². The number of carboxylic acids is 1. The van der Waals surface area contributed by atoms with Crippen LogP contribution in [0.3, 0.4) is 0 Å². The van der Waals surface area contributed by atoms with Crippen molar-refractivity contribution < 1.29 is 24.5 Å². The first-order valence-electron chi connectivity index (χ1n) is 5.91. The van der Waals surface area contributed by atoms with Gasteiger partial charge in [0.05, 0.1) is 6.42 Å². The summed E-state index contributed by atoms with van der Waals surface area (Å²) in [6.45, 7) is -0.0809. The summed E-state index contributed by atoms with van der Waals surface area (Å²) in [4.78, 5) is 22.0. The highest BCUT2D eigenvalue weighted by molar-refractivity contribution is 5.71. The lowest BCUT2D eigenvalue weighted by Crippen LogP contribution is -2.37. The molecule has 1 amide bonds. The highest BCUT2D eigenvalue weighted by Gasteiger charge is 2.16. The lowest BCUT2D eigenvalue weighted by molar-refractivity contribution is -0.137. The minimum absolute atomic E-state index is 0.117. The van der Waals surface area contributed by atoms with Gasteiger partial charge in [0, 0.05) is 12.6 Å². The average molecular weight is 267 g/mol. The predicted molar refractivity (Wildman–Crippen MR) is 67.5 cm³/mol. The Hall–Kier alpha value is -2.08. The number of nitrogens with one attached hydrogen (secondary N) is 1. The van der Waals surface area contributed by atoms with Gasteiger partial charge in [0.15, 0.2) is 0 Å². The molecule has 0 aliphatic rings. The largest absolute Gasteiger partial charge is 0.481 e. The standard InChI is InChI=1S/C13H17NO5/c15-7-6-11(8-12(16)17)14-13(18)19-9-10-4-2-1-3-5-10/h1-5,11,15H,6-9H2,(H,14,18)(H,16,17). The third-order valence-corrected chi connectivity index (χ3v) is 2.43. The Kier molecular flexibility index (Phi) is 6.38. The zero-order valence-electron chi connectivity index (χ0n) is 10.4. The normalized spacial score (nSPS) is 11.6. The molecule has 104 valence electrons. The van der Waals surface area contributed by atoms with Crippen LogP contribution >= 0.6 is 0 Å². The second-order valence-electron chi connectivity index (χ2n) is 4.01. The first-order chi connectivity index (χ1) is 9.11. The van der Waals surface area contributed by atoms with Crippen molar-refractivity contribution in [3.63, 3.8) is 0 Å². The van der Waals surface area contributed by atoms with E-state index in [1.807, 2.05) is 30.3 Å². The van der Waals surface area contributed by atoms with Crippen LogP contribution in [0.2, 0.25) is 0 Å². The Morgan fingerprint density at radius 3 is 2.53 bits per heavy atom. The number of hydrogen-bond donors (Lipinski definition) is 3. The monoisotopic (exact) mass is 267 g/mol. The predicted octanol–water partition coefficient (Wildman–Crippen LogP) is 1.14. The number of alkyl carbamates (subject to hydrolysis) is 1. The maximum Gasteiger partial charge on any atom is 0.407 e. The summed E-state index contributed by atoms with van der Waals surface area (Å²) in [6.07, 6.45) is -0.767. The van der Waals surface area contributed by atoms with Crippen LogP contribution < -0.4 is 5.32 Å². The quantitative estimate of drug-likeness (QED) is 0.688. The molecule has 1 atom stereocenters. The van der Waals surface area contributed by atoms with E-state index in [9.17, 15) is 9.59 Å². The number of amides is 1. The molecule has 19 heavy (non-hydrogen) atoms. The Balaban J connectivity index is 2.37. The number of aliphatic carboxylic acids is 1. The van der Waals surface area contributed by atoms with Crippen molar-refractivity contribution in [2.24, 2.45) is 0 Å². The van der Waals surface area contributed by atoms with Gasteiger partial charge in [0.1, 0.15) is 6.61 Å². The SMILES string of the molecule is O=C(O)CC(CCO)NC(=O)OCc1ccccc1. The molecule has 1 aromatic rings. The van der Waals surface area contributed by atoms with Gasteiger partial charge in [0.2, 0.25) is 0 Å². The van der Waals surface area contributed by atoms with Crippen LogP contribution in [-0.4, -0.2) is 34.9 Å². The lowest BCUT2D eigenvalue weighted by Gasteiger charge is -2.15. The second kappa shape index (κ2) is 8.10. The zero-order valence-corrected chi connectivity index (χ0v) is 10.4. The molecule has 6 nitrogen and oxygen atoms in total. The average Bonchev–Trinajstić information content (AvgIpc) is 2.37. The smallest absolute Gasteiger partial charge is 0.407 e. The van der Waals surface area contributed by atoms with Crippen LogP contribution in [0.5, 0.6) is 0 Å². The summed E-state index contributed by atoms with van der Waals surface area (Å²) in [5.41, 5.74) is 0.842. The number of carbonyl (C=O) groups excluding carboxylic acids is 1. The maximum absolute atomic E-state index is 11.5. The zero-order chi connectivity index (χ0) is 14.1. The molecule has 0 aromatic heterocycles. The number of aliphatic hydroxyl groups is 1. The van der Waals surface area contributed by atoms with Crippen LogP contribution in [-0.2, 0) is 16.1 Å². The molecule has 1 rings (SSSR count). The number of hydrogen-bond acceptors (Lipinski definition) is 4. The Morgan fingerprint density at radius 1 is 1.26 bits per heavy atom. The molecule has 3 N–H and O–H groups in total. The molecule has 0 heterocycles. The number of ether oxygens (including phenoxy) is 1. The number of carboxylic acid groups (broad SMARTS) is 1. The van der Waals surface area contributed by atoms with Crippen molar-refractivity contribution in [2.45, 2.75) is 25.5 Å². The van der Waals surface area contributed by atoms with Gasteiger partial charge < -0.3 is 20.3 Å². The maximum atomic E-state index is 11.5. The van der Waals surface area contributed by atoms with Gasteiger partial charge in [-0.2, -0.15) is 0 Å². The first kappa shape index (κ1) is 15.0. The van der Waals surface area contributed by atoms with E-state index in [0.29, 0.717) is 0 Å². The van der Waals surface area contributed by atoms with Crippen LogP contribution in [0.15, 0.2) is 30.3 Å². The Bertz CT molecular complexity index is 407. The molecule has 0 aliphatic carbocycles. The molecule has 0 spiro atoms. The molecule has 0 saturated carbocycles. The van der Waals surface area contributed by atoms with Gasteiger partial charge >= 0.3 is 12.1 Å². The summed E-state index contributed by atoms with van der Waals surface area (Å²) >= 11 is 0. The van der Waals surface area contributed by atoms with Gasteiger partial charge in [-0.15, -0.1) is 0 Å². The van der Waals surface area contributed by atoms with Gasteiger partial charge in [-0.1, -0.05) is 30.3 Å². The molecular weight excluding hydrogens is 250 g/mol. The highest BCUT2D eigenvalue weighted by Crippen LogP contribution is 2.02. The van der Waals surface area contributed by atoms with Crippen molar-refractivity contribution in [1.82, 2.24) is 5.32 Å². The molecular formula is C13H17NO5. The van der Waals surface area contributed by atoms with Crippen molar-refractivity contribution in [3.8, 4) is 0 Å². The Morgan fingerprint density at radius 2 is 1.95 bits per heavy atom. The fraction of sp³-hybridized carbons (Fsp3) is 0.385. The molecule has 0 bridgehead atoms. The van der Waals surface area contributed by atoms with E-state index >= 15 is 0 Å². The minimum atomic E-state index is -1.04. The molecule has 0 aliphatic heterocycles. The van der Waals surface area contributed by atoms with Gasteiger partial charge in [0.25, 0.3) is 0 Å². The van der Waals surface area contributed by atoms with Crippen LogP contribution in [0.4, 0.5) is 4.79 Å². The van der Waals surface area contributed by atoms with Crippen LogP contribution in [0, 0.1) is 0 Å². The second-order valence-corrected chi connectivity index (χ2v) is 4.01. The van der Waals surface area contributed by atoms with Gasteiger partial charge in [-0.3, -0.25) is 4.79 Å². The van der Waals surface area contributed by atoms with E-state index in [-0.39, 0.29) is 26.1 Å². The molecule has 6 heteroatoms. The van der Waals surface area contributed by atoms with Crippen molar-refractivity contribution in [1.29, 1.82) is 0 Å². The van der Waals surface area contributed by atoms with Crippen molar-refractivity contribution in [2.75, 3.05) is 6.61 Å². The third kappa shape index (κ3) is 6.42.